The van der Waals surface area contributed by atoms with Gasteiger partial charge in [-0.05, 0) is 18.1 Å². The summed E-state index contributed by atoms with van der Waals surface area (Å²) in [6.07, 6.45) is 0.828. The fourth-order valence-corrected chi connectivity index (χ4v) is 2.72. The molecule has 1 aromatic rings. The zero-order valence-corrected chi connectivity index (χ0v) is 12.6. The summed E-state index contributed by atoms with van der Waals surface area (Å²) in [7, 11) is 1.33. The maximum Gasteiger partial charge on any atom is 0.310 e. The van der Waals surface area contributed by atoms with E-state index in [-0.39, 0.29) is 24.2 Å². The Morgan fingerprint density at radius 2 is 2.20 bits per heavy atom. The average molecular weight is 316 g/mol. The van der Waals surface area contributed by atoms with Crippen molar-refractivity contribution >= 4 is 35.1 Å². The zero-order valence-electron chi connectivity index (χ0n) is 11.1. The molecule has 2 rings (SSSR count). The van der Waals surface area contributed by atoms with Crippen LogP contribution in [-0.4, -0.2) is 37.0 Å². The van der Waals surface area contributed by atoms with Crippen molar-refractivity contribution in [3.05, 3.63) is 33.8 Å². The van der Waals surface area contributed by atoms with Crippen molar-refractivity contribution in [1.29, 1.82) is 0 Å². The second-order valence-electron chi connectivity index (χ2n) is 4.73. The minimum absolute atomic E-state index is 0.0291. The van der Waals surface area contributed by atoms with Gasteiger partial charge in [-0.25, -0.2) is 0 Å². The number of esters is 1. The van der Waals surface area contributed by atoms with Crippen molar-refractivity contribution < 1.29 is 14.3 Å². The Morgan fingerprint density at radius 1 is 1.45 bits per heavy atom. The van der Waals surface area contributed by atoms with Gasteiger partial charge in [-0.2, -0.15) is 0 Å². The van der Waals surface area contributed by atoms with E-state index in [2.05, 4.69) is 4.74 Å². The molecule has 4 nitrogen and oxygen atoms in total. The third kappa shape index (κ3) is 3.25. The van der Waals surface area contributed by atoms with Crippen LogP contribution >= 0.6 is 23.2 Å². The quantitative estimate of drug-likeness (QED) is 0.802. The van der Waals surface area contributed by atoms with Crippen LogP contribution in [0.2, 0.25) is 10.0 Å². The molecule has 1 aromatic carbocycles. The first-order chi connectivity index (χ1) is 9.52. The lowest BCUT2D eigenvalue weighted by atomic mass is 10.1. The van der Waals surface area contributed by atoms with Crippen LogP contribution in [0.15, 0.2) is 18.2 Å². The molecule has 0 aromatic heterocycles. The SMILES string of the molecule is COC(=O)C1CC(=O)N(CCc2cccc(Cl)c2Cl)C1. The van der Waals surface area contributed by atoms with Gasteiger partial charge in [0.2, 0.25) is 5.91 Å². The Balaban J connectivity index is 1.96. The van der Waals surface area contributed by atoms with Gasteiger partial charge >= 0.3 is 5.97 Å². The van der Waals surface area contributed by atoms with E-state index in [4.69, 9.17) is 23.2 Å². The standard InChI is InChI=1S/C14H15Cl2NO3/c1-20-14(19)10-7-12(18)17(8-10)6-5-9-3-2-4-11(15)13(9)16/h2-4,10H,5-8H2,1H3. The predicted molar refractivity (Wildman–Crippen MR) is 76.9 cm³/mol. The highest BCUT2D eigenvalue weighted by Crippen LogP contribution is 2.26. The first-order valence-corrected chi connectivity index (χ1v) is 7.07. The van der Waals surface area contributed by atoms with Crippen LogP contribution in [0.1, 0.15) is 12.0 Å². The van der Waals surface area contributed by atoms with Crippen molar-refractivity contribution in [2.75, 3.05) is 20.2 Å². The summed E-state index contributed by atoms with van der Waals surface area (Å²) in [5, 5.41) is 1.02. The molecule has 0 radical (unpaired) electrons. The van der Waals surface area contributed by atoms with Crippen molar-refractivity contribution in [1.82, 2.24) is 4.90 Å². The third-order valence-corrected chi connectivity index (χ3v) is 4.29. The lowest BCUT2D eigenvalue weighted by Gasteiger charge is -2.16. The van der Waals surface area contributed by atoms with Crippen LogP contribution < -0.4 is 0 Å². The summed E-state index contributed by atoms with van der Waals surface area (Å²) in [6, 6.07) is 5.43. The first kappa shape index (κ1) is 15.1. The van der Waals surface area contributed by atoms with Gasteiger partial charge in [0.25, 0.3) is 0 Å². The van der Waals surface area contributed by atoms with Crippen LogP contribution in [0.3, 0.4) is 0 Å². The Hall–Kier alpha value is -1.26. The Bertz CT molecular complexity index is 533. The van der Waals surface area contributed by atoms with Gasteiger partial charge in [-0.3, -0.25) is 9.59 Å². The highest BCUT2D eigenvalue weighted by atomic mass is 35.5. The van der Waals surface area contributed by atoms with Crippen LogP contribution in [0.5, 0.6) is 0 Å². The lowest BCUT2D eigenvalue weighted by Crippen LogP contribution is -2.28. The molecule has 1 unspecified atom stereocenters. The summed E-state index contributed by atoms with van der Waals surface area (Å²) in [6.45, 7) is 0.927. The van der Waals surface area contributed by atoms with E-state index >= 15 is 0 Å². The van der Waals surface area contributed by atoms with Crippen molar-refractivity contribution in [3.8, 4) is 0 Å². The monoisotopic (exact) mass is 315 g/mol. The van der Waals surface area contributed by atoms with Crippen LogP contribution in [0.4, 0.5) is 0 Å². The molecule has 0 saturated carbocycles. The van der Waals surface area contributed by atoms with E-state index in [1.54, 1.807) is 11.0 Å². The lowest BCUT2D eigenvalue weighted by molar-refractivity contribution is -0.145. The minimum atomic E-state index is -0.359. The Labute approximate surface area is 127 Å². The number of hydrogen-bond donors (Lipinski definition) is 0. The Kier molecular flexibility index (Phi) is 4.89. The zero-order chi connectivity index (χ0) is 14.7. The summed E-state index contributed by atoms with van der Waals surface area (Å²) in [4.78, 5) is 24.9. The smallest absolute Gasteiger partial charge is 0.310 e. The molecule has 0 N–H and O–H groups in total. The fourth-order valence-electron chi connectivity index (χ4n) is 2.31. The van der Waals surface area contributed by atoms with E-state index in [0.717, 1.165) is 5.56 Å². The van der Waals surface area contributed by atoms with Crippen molar-refractivity contribution in [3.63, 3.8) is 0 Å². The summed E-state index contributed by atoms with van der Waals surface area (Å²) < 4.78 is 4.67. The second kappa shape index (κ2) is 6.46. The van der Waals surface area contributed by atoms with Gasteiger partial charge in [-0.15, -0.1) is 0 Å². The molecule has 0 aliphatic carbocycles. The number of hydrogen-bond acceptors (Lipinski definition) is 3. The molecule has 1 atom stereocenters. The molecule has 1 amide bonds. The van der Waals surface area contributed by atoms with Gasteiger partial charge in [0.05, 0.1) is 23.1 Å². The van der Waals surface area contributed by atoms with E-state index < -0.39 is 0 Å². The number of methoxy groups -OCH3 is 1. The van der Waals surface area contributed by atoms with Gasteiger partial charge in [0, 0.05) is 19.5 Å². The molecule has 1 saturated heterocycles. The van der Waals surface area contributed by atoms with Gasteiger partial charge < -0.3 is 9.64 Å². The normalized spacial score (nSPS) is 18.4. The number of carbonyl (C=O) groups excluding carboxylic acids is 2. The molecule has 1 heterocycles. The van der Waals surface area contributed by atoms with Crippen LogP contribution in [-0.2, 0) is 20.7 Å². The molecule has 6 heteroatoms. The molecule has 20 heavy (non-hydrogen) atoms. The molecule has 1 aliphatic rings. The number of likely N-dealkylation sites (tertiary alicyclic amines) is 1. The molecule has 1 fully saturated rings. The maximum absolute atomic E-state index is 11.8. The summed E-state index contributed by atoms with van der Waals surface area (Å²) >= 11 is 12.1. The van der Waals surface area contributed by atoms with Gasteiger partial charge in [0.15, 0.2) is 0 Å². The van der Waals surface area contributed by atoms with Crippen LogP contribution in [0, 0.1) is 5.92 Å². The number of rotatable bonds is 4. The van der Waals surface area contributed by atoms with Gasteiger partial charge in [0.1, 0.15) is 0 Å². The third-order valence-electron chi connectivity index (χ3n) is 3.43. The predicted octanol–water partition coefficient (Wildman–Crippen LogP) is 2.56. The number of ether oxygens (including phenoxy) is 1. The number of halogens is 2. The minimum Gasteiger partial charge on any atom is -0.469 e. The number of nitrogens with zero attached hydrogens (tertiary/aromatic N) is 1. The Morgan fingerprint density at radius 3 is 2.90 bits per heavy atom. The molecule has 0 spiro atoms. The largest absolute Gasteiger partial charge is 0.469 e. The maximum atomic E-state index is 11.8. The summed E-state index contributed by atoms with van der Waals surface area (Å²) in [5.74, 6) is -0.720. The number of benzene rings is 1. The van der Waals surface area contributed by atoms with Gasteiger partial charge in [-0.1, -0.05) is 35.3 Å². The molecule has 0 bridgehead atoms. The van der Waals surface area contributed by atoms with E-state index in [9.17, 15) is 9.59 Å². The van der Waals surface area contributed by atoms with Crippen molar-refractivity contribution in [2.45, 2.75) is 12.8 Å². The molecule has 108 valence electrons. The van der Waals surface area contributed by atoms with E-state index in [1.807, 2.05) is 12.1 Å². The number of carbonyl (C=O) groups is 2. The van der Waals surface area contributed by atoms with E-state index in [1.165, 1.54) is 7.11 Å². The summed E-state index contributed by atoms with van der Waals surface area (Å²) in [5.41, 5.74) is 0.897. The average Bonchev–Trinajstić information content (AvgIpc) is 2.81. The molecule has 1 aliphatic heterocycles. The van der Waals surface area contributed by atoms with Crippen molar-refractivity contribution in [2.24, 2.45) is 5.92 Å². The fraction of sp³-hybridized carbons (Fsp3) is 0.429. The van der Waals surface area contributed by atoms with E-state index in [0.29, 0.717) is 29.6 Å². The first-order valence-electron chi connectivity index (χ1n) is 6.31. The topological polar surface area (TPSA) is 46.6 Å². The highest BCUT2D eigenvalue weighted by Gasteiger charge is 2.34. The second-order valence-corrected chi connectivity index (χ2v) is 5.51. The molecular formula is C14H15Cl2NO3. The number of amides is 1. The molecular weight excluding hydrogens is 301 g/mol. The van der Waals surface area contributed by atoms with Crippen LogP contribution in [0.25, 0.3) is 0 Å². The highest BCUT2D eigenvalue weighted by molar-refractivity contribution is 6.42.